The van der Waals surface area contributed by atoms with E-state index in [1.54, 1.807) is 12.4 Å². The number of carbonyl (C=O) groups is 1. The fourth-order valence-electron chi connectivity index (χ4n) is 5.48. The molecule has 0 bridgehead atoms. The van der Waals surface area contributed by atoms with Crippen LogP contribution >= 0.6 is 0 Å². The van der Waals surface area contributed by atoms with Crippen molar-refractivity contribution in [1.29, 1.82) is 0 Å². The van der Waals surface area contributed by atoms with E-state index in [0.29, 0.717) is 12.2 Å². The van der Waals surface area contributed by atoms with Crippen LogP contribution in [-0.4, -0.2) is 27.3 Å². The minimum atomic E-state index is 0.193. The van der Waals surface area contributed by atoms with Gasteiger partial charge < -0.3 is 15.0 Å². The average Bonchev–Trinajstić information content (AvgIpc) is 3.35. The predicted molar refractivity (Wildman–Crippen MR) is 137 cm³/mol. The first-order chi connectivity index (χ1) is 17.2. The van der Waals surface area contributed by atoms with Crippen molar-refractivity contribution >= 4 is 16.8 Å². The van der Waals surface area contributed by atoms with Gasteiger partial charge in [-0.05, 0) is 72.8 Å². The van der Waals surface area contributed by atoms with Crippen molar-refractivity contribution in [2.45, 2.75) is 51.5 Å². The van der Waals surface area contributed by atoms with E-state index < -0.39 is 0 Å². The number of H-pyrrole nitrogens is 1. The molecular formula is C29H30N4O2. The third-order valence-electron chi connectivity index (χ3n) is 7.37. The maximum absolute atomic E-state index is 12.9. The molecule has 1 aliphatic heterocycles. The summed E-state index contributed by atoms with van der Waals surface area (Å²) in [5.74, 6) is 2.09. The topological polar surface area (TPSA) is 79.9 Å². The minimum Gasteiger partial charge on any atom is -0.457 e. The SMILES string of the molecule is O=C(Cc1cc(-c2c[nH]c3nccc(Oc4ccc5c(c4)CNCC5)c23)ccn1)C1CCCCC1. The van der Waals surface area contributed by atoms with Crippen molar-refractivity contribution in [2.75, 3.05) is 6.54 Å². The number of carbonyl (C=O) groups excluding carboxylic acids is 1. The first kappa shape index (κ1) is 22.0. The number of ether oxygens (including phenoxy) is 1. The molecule has 4 heterocycles. The van der Waals surface area contributed by atoms with Gasteiger partial charge in [0.25, 0.3) is 0 Å². The van der Waals surface area contributed by atoms with Crippen LogP contribution in [0.2, 0.25) is 0 Å². The summed E-state index contributed by atoms with van der Waals surface area (Å²) in [4.78, 5) is 25.2. The zero-order chi connectivity index (χ0) is 23.6. The molecule has 35 heavy (non-hydrogen) atoms. The first-order valence-corrected chi connectivity index (χ1v) is 12.7. The summed E-state index contributed by atoms with van der Waals surface area (Å²) in [5, 5.41) is 4.36. The van der Waals surface area contributed by atoms with Gasteiger partial charge in [-0.3, -0.25) is 9.78 Å². The van der Waals surface area contributed by atoms with Crippen LogP contribution in [0.3, 0.4) is 0 Å². The van der Waals surface area contributed by atoms with E-state index in [2.05, 4.69) is 32.4 Å². The van der Waals surface area contributed by atoms with Gasteiger partial charge in [0.1, 0.15) is 22.9 Å². The van der Waals surface area contributed by atoms with Crippen LogP contribution in [0.15, 0.2) is 55.0 Å². The lowest BCUT2D eigenvalue weighted by Crippen LogP contribution is -2.23. The molecule has 0 unspecified atom stereocenters. The molecule has 0 radical (unpaired) electrons. The zero-order valence-corrected chi connectivity index (χ0v) is 19.8. The molecule has 0 amide bonds. The Hall–Kier alpha value is -3.51. The number of hydrogen-bond donors (Lipinski definition) is 2. The molecule has 178 valence electrons. The van der Waals surface area contributed by atoms with E-state index in [0.717, 1.165) is 84.5 Å². The Balaban J connectivity index is 1.30. The summed E-state index contributed by atoms with van der Waals surface area (Å²) in [7, 11) is 0. The van der Waals surface area contributed by atoms with Crippen LogP contribution in [0.4, 0.5) is 0 Å². The molecule has 2 N–H and O–H groups in total. The zero-order valence-electron chi connectivity index (χ0n) is 19.8. The number of nitrogens with one attached hydrogen (secondary N) is 2. The van der Waals surface area contributed by atoms with Crippen LogP contribution in [0.25, 0.3) is 22.2 Å². The van der Waals surface area contributed by atoms with Gasteiger partial charge in [-0.1, -0.05) is 25.3 Å². The van der Waals surface area contributed by atoms with E-state index in [4.69, 9.17) is 4.74 Å². The van der Waals surface area contributed by atoms with E-state index in [-0.39, 0.29) is 5.92 Å². The van der Waals surface area contributed by atoms with E-state index in [9.17, 15) is 4.79 Å². The molecule has 1 fully saturated rings. The summed E-state index contributed by atoms with van der Waals surface area (Å²) in [6.45, 7) is 1.89. The van der Waals surface area contributed by atoms with Crippen LogP contribution in [0, 0.1) is 5.92 Å². The number of hydrogen-bond acceptors (Lipinski definition) is 5. The van der Waals surface area contributed by atoms with E-state index in [1.165, 1.54) is 17.5 Å². The highest BCUT2D eigenvalue weighted by Gasteiger charge is 2.22. The average molecular weight is 467 g/mol. The number of benzene rings is 1. The lowest BCUT2D eigenvalue weighted by Gasteiger charge is -2.20. The summed E-state index contributed by atoms with van der Waals surface area (Å²) in [5.41, 5.74) is 6.26. The Morgan fingerprint density at radius 1 is 1.00 bits per heavy atom. The van der Waals surface area contributed by atoms with Crippen molar-refractivity contribution < 1.29 is 9.53 Å². The van der Waals surface area contributed by atoms with Crippen LogP contribution in [0.5, 0.6) is 11.5 Å². The van der Waals surface area contributed by atoms with E-state index in [1.807, 2.05) is 30.5 Å². The molecule has 6 rings (SSSR count). The Morgan fingerprint density at radius 3 is 2.80 bits per heavy atom. The molecule has 1 aliphatic carbocycles. The number of rotatable bonds is 6. The highest BCUT2D eigenvalue weighted by Crippen LogP contribution is 2.37. The highest BCUT2D eigenvalue weighted by molar-refractivity contribution is 5.98. The van der Waals surface area contributed by atoms with Crippen molar-refractivity contribution in [3.8, 4) is 22.6 Å². The smallest absolute Gasteiger partial charge is 0.141 e. The first-order valence-electron chi connectivity index (χ1n) is 12.7. The normalized spacial score (nSPS) is 16.2. The fourth-order valence-corrected chi connectivity index (χ4v) is 5.48. The summed E-state index contributed by atoms with van der Waals surface area (Å²) >= 11 is 0. The van der Waals surface area contributed by atoms with Gasteiger partial charge in [0, 0.05) is 48.7 Å². The largest absolute Gasteiger partial charge is 0.457 e. The molecule has 1 aromatic carbocycles. The van der Waals surface area contributed by atoms with Crippen LogP contribution in [0.1, 0.15) is 48.9 Å². The maximum Gasteiger partial charge on any atom is 0.141 e. The van der Waals surface area contributed by atoms with Gasteiger partial charge in [-0.2, -0.15) is 0 Å². The van der Waals surface area contributed by atoms with Gasteiger partial charge in [0.2, 0.25) is 0 Å². The van der Waals surface area contributed by atoms with Gasteiger partial charge in [-0.15, -0.1) is 0 Å². The minimum absolute atomic E-state index is 0.193. The second-order valence-corrected chi connectivity index (χ2v) is 9.71. The fraction of sp³-hybridized carbons (Fsp3) is 0.345. The predicted octanol–water partition coefficient (Wildman–Crippen LogP) is 5.75. The summed E-state index contributed by atoms with van der Waals surface area (Å²) < 4.78 is 6.39. The monoisotopic (exact) mass is 466 g/mol. The molecule has 0 spiro atoms. The molecule has 6 nitrogen and oxygen atoms in total. The second kappa shape index (κ2) is 9.62. The molecule has 0 saturated heterocycles. The molecule has 4 aromatic rings. The Labute approximate surface area is 205 Å². The Kier molecular flexibility index (Phi) is 6.05. The molecule has 2 aliphatic rings. The summed E-state index contributed by atoms with van der Waals surface area (Å²) in [6.07, 6.45) is 12.6. The number of ketones is 1. The molecule has 0 atom stereocenters. The number of pyridine rings is 2. The lowest BCUT2D eigenvalue weighted by molar-refractivity contribution is -0.123. The van der Waals surface area contributed by atoms with Crippen LogP contribution in [-0.2, 0) is 24.2 Å². The van der Waals surface area contributed by atoms with E-state index >= 15 is 0 Å². The maximum atomic E-state index is 12.9. The van der Waals surface area contributed by atoms with Crippen molar-refractivity contribution in [3.63, 3.8) is 0 Å². The molecule has 1 saturated carbocycles. The van der Waals surface area contributed by atoms with Gasteiger partial charge in [0.05, 0.1) is 5.39 Å². The van der Waals surface area contributed by atoms with Gasteiger partial charge in [-0.25, -0.2) is 4.98 Å². The van der Waals surface area contributed by atoms with Crippen molar-refractivity contribution in [2.24, 2.45) is 5.92 Å². The number of aromatic nitrogens is 3. The lowest BCUT2D eigenvalue weighted by atomic mass is 9.84. The molecule has 3 aromatic heterocycles. The Morgan fingerprint density at radius 2 is 1.89 bits per heavy atom. The van der Waals surface area contributed by atoms with Crippen molar-refractivity contribution in [3.05, 3.63) is 71.8 Å². The highest BCUT2D eigenvalue weighted by atomic mass is 16.5. The van der Waals surface area contributed by atoms with Crippen LogP contribution < -0.4 is 10.1 Å². The number of nitrogens with zero attached hydrogens (tertiary/aromatic N) is 2. The standard InChI is InChI=1S/C29H30N4O2/c34-26(20-4-2-1-3-5-20)16-23-14-21(9-12-31-23)25-18-33-29-28(25)27(10-13-32-29)35-24-7-6-19-8-11-30-17-22(19)15-24/h6-7,9-10,12-15,18,20,30H,1-5,8,11,16-17H2,(H,32,33). The number of aromatic amines is 1. The molecule has 6 heteroatoms. The van der Waals surface area contributed by atoms with Crippen molar-refractivity contribution in [1.82, 2.24) is 20.3 Å². The third-order valence-corrected chi connectivity index (χ3v) is 7.37. The molecular weight excluding hydrogens is 436 g/mol. The second-order valence-electron chi connectivity index (χ2n) is 9.71. The van der Waals surface area contributed by atoms with Gasteiger partial charge in [0.15, 0.2) is 0 Å². The number of fused-ring (bicyclic) bond motifs is 2. The van der Waals surface area contributed by atoms with Gasteiger partial charge >= 0.3 is 0 Å². The third kappa shape index (κ3) is 4.58. The quantitative estimate of drug-likeness (QED) is 0.378. The Bertz CT molecular complexity index is 1370. The summed E-state index contributed by atoms with van der Waals surface area (Å²) in [6, 6.07) is 12.3. The number of Topliss-reactive ketones (excluding diaryl/α,β-unsaturated/α-hetero) is 1.